The number of piperidine rings is 1. The van der Waals surface area contributed by atoms with Crippen LogP contribution in [0.5, 0.6) is 0 Å². The lowest BCUT2D eigenvalue weighted by Gasteiger charge is -2.36. The number of hydrogen-bond donors (Lipinski definition) is 0. The summed E-state index contributed by atoms with van der Waals surface area (Å²) in [7, 11) is 0. The number of tetrazole rings is 1. The van der Waals surface area contributed by atoms with Crippen LogP contribution in [0.25, 0.3) is 0 Å². The summed E-state index contributed by atoms with van der Waals surface area (Å²) in [5.41, 5.74) is 3.73. The number of pyridine rings is 1. The van der Waals surface area contributed by atoms with E-state index in [0.717, 1.165) is 44.0 Å². The molecule has 1 saturated heterocycles. The van der Waals surface area contributed by atoms with Crippen molar-refractivity contribution in [3.63, 3.8) is 0 Å². The Bertz CT molecular complexity index is 1110. The maximum Gasteiger partial charge on any atom is 0.174 e. The lowest BCUT2D eigenvalue weighted by molar-refractivity contribution is 0.141. The molecule has 2 aromatic carbocycles. The van der Waals surface area contributed by atoms with Gasteiger partial charge in [0.1, 0.15) is 6.04 Å². The summed E-state index contributed by atoms with van der Waals surface area (Å²) in [6.07, 6.45) is 6.25. The van der Waals surface area contributed by atoms with E-state index in [2.05, 4.69) is 87.2 Å². The zero-order chi connectivity index (χ0) is 22.3. The summed E-state index contributed by atoms with van der Waals surface area (Å²) in [5.74, 6) is 1.59. The van der Waals surface area contributed by atoms with E-state index in [1.54, 1.807) is 0 Å². The van der Waals surface area contributed by atoms with Crippen LogP contribution in [0.2, 0.25) is 0 Å². The number of rotatable bonds is 8. The van der Waals surface area contributed by atoms with Crippen LogP contribution in [0.15, 0.2) is 85.1 Å². The van der Waals surface area contributed by atoms with E-state index in [-0.39, 0.29) is 6.04 Å². The van der Waals surface area contributed by atoms with E-state index in [1.165, 1.54) is 24.0 Å². The van der Waals surface area contributed by atoms with Crippen molar-refractivity contribution in [3.05, 3.63) is 108 Å². The summed E-state index contributed by atoms with van der Waals surface area (Å²) < 4.78 is 1.96. The Kier molecular flexibility index (Phi) is 6.82. The van der Waals surface area contributed by atoms with Crippen molar-refractivity contribution in [1.29, 1.82) is 0 Å². The first-order valence-electron chi connectivity index (χ1n) is 11.9. The van der Waals surface area contributed by atoms with Crippen molar-refractivity contribution in [3.8, 4) is 0 Å². The predicted molar refractivity (Wildman–Crippen MR) is 128 cm³/mol. The van der Waals surface area contributed by atoms with Gasteiger partial charge in [0.05, 0.1) is 5.69 Å². The van der Waals surface area contributed by atoms with Crippen LogP contribution in [0.4, 0.5) is 0 Å². The monoisotopic (exact) mass is 438 g/mol. The van der Waals surface area contributed by atoms with Gasteiger partial charge < -0.3 is 0 Å². The largest absolute Gasteiger partial charge is 0.288 e. The van der Waals surface area contributed by atoms with Gasteiger partial charge in [-0.25, -0.2) is 4.68 Å². The Morgan fingerprint density at radius 3 is 2.21 bits per heavy atom. The summed E-state index contributed by atoms with van der Waals surface area (Å²) in [6, 6.07) is 27.4. The third kappa shape index (κ3) is 5.34. The molecular formula is C27H30N6. The lowest BCUT2D eigenvalue weighted by Crippen LogP contribution is -2.39. The van der Waals surface area contributed by atoms with Gasteiger partial charge in [-0.2, -0.15) is 0 Å². The number of likely N-dealkylation sites (tertiary alicyclic amines) is 1. The first kappa shape index (κ1) is 21.5. The van der Waals surface area contributed by atoms with Gasteiger partial charge in [0.2, 0.25) is 0 Å². The molecule has 1 aliphatic heterocycles. The van der Waals surface area contributed by atoms with Crippen molar-refractivity contribution >= 4 is 0 Å². The quantitative estimate of drug-likeness (QED) is 0.409. The molecule has 4 aromatic rings. The Hall–Kier alpha value is -3.38. The molecule has 0 aliphatic carbocycles. The second-order valence-electron chi connectivity index (χ2n) is 8.82. The summed E-state index contributed by atoms with van der Waals surface area (Å²) >= 11 is 0. The Balaban J connectivity index is 1.32. The first-order chi connectivity index (χ1) is 16.4. The van der Waals surface area contributed by atoms with Crippen LogP contribution in [-0.2, 0) is 19.4 Å². The second-order valence-corrected chi connectivity index (χ2v) is 8.82. The maximum atomic E-state index is 4.71. The topological polar surface area (TPSA) is 59.7 Å². The zero-order valence-corrected chi connectivity index (χ0v) is 18.9. The number of nitrogens with zero attached hydrogens (tertiary/aromatic N) is 6. The van der Waals surface area contributed by atoms with Crippen molar-refractivity contribution in [1.82, 2.24) is 30.1 Å². The number of hydrogen-bond acceptors (Lipinski definition) is 5. The molecule has 1 atom stereocenters. The molecule has 0 saturated carbocycles. The van der Waals surface area contributed by atoms with E-state index < -0.39 is 0 Å². The van der Waals surface area contributed by atoms with Crippen LogP contribution in [0.1, 0.15) is 41.5 Å². The molecule has 168 valence electrons. The minimum atomic E-state index is -0.0327. The molecule has 0 N–H and O–H groups in total. The highest BCUT2D eigenvalue weighted by Gasteiger charge is 2.32. The van der Waals surface area contributed by atoms with Crippen molar-refractivity contribution in [2.75, 3.05) is 13.1 Å². The smallest absolute Gasteiger partial charge is 0.174 e. The van der Waals surface area contributed by atoms with Crippen molar-refractivity contribution < 1.29 is 0 Å². The maximum absolute atomic E-state index is 4.71. The van der Waals surface area contributed by atoms with Crippen LogP contribution >= 0.6 is 0 Å². The van der Waals surface area contributed by atoms with Gasteiger partial charge in [-0.1, -0.05) is 66.7 Å². The van der Waals surface area contributed by atoms with Crippen LogP contribution in [-0.4, -0.2) is 43.2 Å². The number of aryl methyl sites for hydroxylation is 2. The molecule has 1 fully saturated rings. The Morgan fingerprint density at radius 1 is 0.818 bits per heavy atom. The molecular weight excluding hydrogens is 408 g/mol. The van der Waals surface area contributed by atoms with E-state index >= 15 is 0 Å². The molecule has 1 unspecified atom stereocenters. The fourth-order valence-electron chi connectivity index (χ4n) is 4.83. The molecule has 0 spiro atoms. The molecule has 0 bridgehead atoms. The highest BCUT2D eigenvalue weighted by Crippen LogP contribution is 2.31. The average Bonchev–Trinajstić information content (AvgIpc) is 3.34. The molecule has 3 heterocycles. The van der Waals surface area contributed by atoms with Crippen molar-refractivity contribution in [2.24, 2.45) is 5.92 Å². The first-order valence-corrected chi connectivity index (χ1v) is 11.9. The van der Waals surface area contributed by atoms with Gasteiger partial charge >= 0.3 is 0 Å². The van der Waals surface area contributed by atoms with E-state index in [4.69, 9.17) is 4.98 Å². The van der Waals surface area contributed by atoms with E-state index in [0.29, 0.717) is 5.92 Å². The molecule has 2 aromatic heterocycles. The Labute approximate surface area is 195 Å². The molecule has 1 aliphatic rings. The predicted octanol–water partition coefficient (Wildman–Crippen LogP) is 4.35. The minimum Gasteiger partial charge on any atom is -0.288 e. The van der Waals surface area contributed by atoms with Crippen molar-refractivity contribution in [2.45, 2.75) is 38.3 Å². The third-order valence-corrected chi connectivity index (χ3v) is 6.61. The standard InChI is InChI=1S/C27H30N6/c1-3-9-22(10-4-1)16-20-33-27(29-30-31-33)26(25-13-7-8-17-28-25)32-18-14-24(15-19-32)21-23-11-5-2-6-12-23/h1-13,17,24,26H,14-16,18-21H2. The third-order valence-electron chi connectivity index (χ3n) is 6.61. The molecule has 33 heavy (non-hydrogen) atoms. The van der Waals surface area contributed by atoms with Crippen LogP contribution in [0.3, 0.4) is 0 Å². The van der Waals surface area contributed by atoms with E-state index in [1.807, 2.05) is 23.0 Å². The fraction of sp³-hybridized carbons (Fsp3) is 0.333. The van der Waals surface area contributed by atoms with Crippen LogP contribution < -0.4 is 0 Å². The van der Waals surface area contributed by atoms with Gasteiger partial charge in [-0.3, -0.25) is 9.88 Å². The van der Waals surface area contributed by atoms with Gasteiger partial charge in [-0.15, -0.1) is 5.10 Å². The molecule has 5 rings (SSSR count). The highest BCUT2D eigenvalue weighted by atomic mass is 15.5. The normalized spacial score (nSPS) is 16.0. The molecule has 6 heteroatoms. The SMILES string of the molecule is c1ccc(CCn2nnnc2C(c2ccccn2)N2CCC(Cc3ccccc3)CC2)cc1. The van der Waals surface area contributed by atoms with E-state index in [9.17, 15) is 0 Å². The number of benzene rings is 2. The molecule has 6 nitrogen and oxygen atoms in total. The van der Waals surface area contributed by atoms with Gasteiger partial charge in [0, 0.05) is 12.7 Å². The Morgan fingerprint density at radius 2 is 1.52 bits per heavy atom. The fourth-order valence-corrected chi connectivity index (χ4v) is 4.83. The van der Waals surface area contributed by atoms with Gasteiger partial charge in [0.25, 0.3) is 0 Å². The zero-order valence-electron chi connectivity index (χ0n) is 18.9. The second kappa shape index (κ2) is 10.5. The summed E-state index contributed by atoms with van der Waals surface area (Å²) in [4.78, 5) is 7.21. The average molecular weight is 439 g/mol. The van der Waals surface area contributed by atoms with Gasteiger partial charge in [-0.05, 0) is 78.4 Å². The highest BCUT2D eigenvalue weighted by molar-refractivity contribution is 5.19. The molecule has 0 radical (unpaired) electrons. The molecule has 0 amide bonds. The lowest BCUT2D eigenvalue weighted by atomic mass is 9.89. The number of aromatic nitrogens is 5. The summed E-state index contributed by atoms with van der Waals surface area (Å²) in [6.45, 7) is 2.79. The minimum absolute atomic E-state index is 0.0327. The van der Waals surface area contributed by atoms with Gasteiger partial charge in [0.15, 0.2) is 5.82 Å². The summed E-state index contributed by atoms with van der Waals surface area (Å²) in [5, 5.41) is 12.9. The van der Waals surface area contributed by atoms with Crippen LogP contribution in [0, 0.1) is 5.92 Å².